The molecule has 0 saturated carbocycles. The zero-order valence-corrected chi connectivity index (χ0v) is 16.1. The van der Waals surface area contributed by atoms with E-state index in [4.69, 9.17) is 30.3 Å². The Labute approximate surface area is 149 Å². The molecule has 0 aliphatic heterocycles. The van der Waals surface area contributed by atoms with Crippen LogP contribution >= 0.6 is 18.8 Å². The van der Waals surface area contributed by atoms with Crippen molar-refractivity contribution in [3.63, 3.8) is 0 Å². The molecule has 0 spiro atoms. The van der Waals surface area contributed by atoms with E-state index in [1.54, 1.807) is 0 Å². The van der Waals surface area contributed by atoms with E-state index in [1.807, 2.05) is 12.1 Å². The molecule has 0 amide bonds. The average Bonchev–Trinajstić information content (AvgIpc) is 2.50. The van der Waals surface area contributed by atoms with E-state index in [2.05, 4.69) is 48.5 Å². The van der Waals surface area contributed by atoms with Gasteiger partial charge in [0.05, 0.1) is 0 Å². The van der Waals surface area contributed by atoms with Gasteiger partial charge >= 0.3 is 35.3 Å². The molecule has 0 fully saturated rings. The SMILES string of the molecule is NCCC(N)(Cc1ccccc1)Cc1ccccc1.[Cl][Pt][Cl]. The maximum absolute atomic E-state index is 6.59. The van der Waals surface area contributed by atoms with Gasteiger partial charge in [-0.1, -0.05) is 60.7 Å². The third-order valence-electron chi connectivity index (χ3n) is 3.44. The summed E-state index contributed by atoms with van der Waals surface area (Å²) in [6.07, 6.45) is 2.55. The summed E-state index contributed by atoms with van der Waals surface area (Å²) in [4.78, 5) is 0. The van der Waals surface area contributed by atoms with Crippen LogP contribution in [0.5, 0.6) is 0 Å². The van der Waals surface area contributed by atoms with Crippen LogP contribution in [0, 0.1) is 0 Å². The van der Waals surface area contributed by atoms with Crippen molar-refractivity contribution in [2.75, 3.05) is 6.54 Å². The van der Waals surface area contributed by atoms with E-state index in [-0.39, 0.29) is 5.54 Å². The molecule has 0 aliphatic carbocycles. The molecule has 0 atom stereocenters. The van der Waals surface area contributed by atoms with Crippen LogP contribution in [0.15, 0.2) is 60.7 Å². The Morgan fingerprint density at radius 1 is 0.818 bits per heavy atom. The van der Waals surface area contributed by atoms with Crippen molar-refractivity contribution in [3.8, 4) is 0 Å². The standard InChI is InChI=1S/C17H22N2.2ClH.Pt/c18-12-11-17(19,13-15-7-3-1-4-8-15)14-16-9-5-2-6-10-16;;;/h1-10H,11-14,18-19H2;2*1H;/q;;;+2/p-2. The van der Waals surface area contributed by atoms with E-state index in [1.165, 1.54) is 11.1 Å². The van der Waals surface area contributed by atoms with Crippen molar-refractivity contribution in [1.82, 2.24) is 0 Å². The summed E-state index contributed by atoms with van der Waals surface area (Å²) < 4.78 is 0. The number of hydrogen-bond donors (Lipinski definition) is 2. The first kappa shape index (κ1) is 19.7. The molecule has 2 aromatic carbocycles. The predicted octanol–water partition coefficient (Wildman–Crippen LogP) is 3.89. The van der Waals surface area contributed by atoms with Crippen LogP contribution in [0.25, 0.3) is 0 Å². The van der Waals surface area contributed by atoms with Crippen LogP contribution in [0.2, 0.25) is 0 Å². The Hall–Kier alpha value is -0.372. The van der Waals surface area contributed by atoms with Gasteiger partial charge in [0.1, 0.15) is 0 Å². The average molecular weight is 520 g/mol. The van der Waals surface area contributed by atoms with E-state index in [9.17, 15) is 0 Å². The molecule has 124 valence electrons. The molecule has 0 radical (unpaired) electrons. The monoisotopic (exact) mass is 519 g/mol. The van der Waals surface area contributed by atoms with Crippen LogP contribution in [-0.4, -0.2) is 12.1 Å². The summed E-state index contributed by atoms with van der Waals surface area (Å²) in [6, 6.07) is 20.8. The second-order valence-corrected chi connectivity index (χ2v) is 8.55. The summed E-state index contributed by atoms with van der Waals surface area (Å²) in [7, 11) is 9.75. The summed E-state index contributed by atoms with van der Waals surface area (Å²) in [6.45, 7) is 0.621. The summed E-state index contributed by atoms with van der Waals surface area (Å²) in [5, 5.41) is 0. The Bertz CT molecular complexity index is 467. The first-order chi connectivity index (χ1) is 10.6. The van der Waals surface area contributed by atoms with Crippen LogP contribution in [-0.2, 0) is 29.3 Å². The second-order valence-electron chi connectivity index (χ2n) is 5.27. The first-order valence-corrected chi connectivity index (χ1v) is 12.7. The Morgan fingerprint density at radius 3 is 1.50 bits per heavy atom. The molecular formula is C17H22Cl2N2Pt. The number of hydrogen-bond acceptors (Lipinski definition) is 2. The molecule has 22 heavy (non-hydrogen) atoms. The topological polar surface area (TPSA) is 52.0 Å². The van der Waals surface area contributed by atoms with Gasteiger partial charge in [-0.2, -0.15) is 0 Å². The number of nitrogens with two attached hydrogens (primary N) is 2. The molecule has 2 rings (SSSR count). The third-order valence-corrected chi connectivity index (χ3v) is 3.44. The molecule has 0 aliphatic rings. The number of halogens is 2. The molecule has 0 saturated heterocycles. The summed E-state index contributed by atoms with van der Waals surface area (Å²) in [5.41, 5.74) is 14.6. The van der Waals surface area contributed by atoms with Crippen molar-refractivity contribution >= 4 is 18.8 Å². The molecule has 0 heterocycles. The Kier molecular flexibility index (Phi) is 10.0. The minimum absolute atomic E-state index is 0.266. The molecule has 2 aromatic rings. The van der Waals surface area contributed by atoms with Gasteiger partial charge in [-0.15, -0.1) is 0 Å². The van der Waals surface area contributed by atoms with Crippen LogP contribution in [0.1, 0.15) is 17.5 Å². The zero-order chi connectivity index (χ0) is 16.3. The fraction of sp³-hybridized carbons (Fsp3) is 0.294. The molecule has 2 nitrogen and oxygen atoms in total. The fourth-order valence-corrected chi connectivity index (χ4v) is 2.53. The number of benzene rings is 2. The molecule has 0 bridgehead atoms. The van der Waals surface area contributed by atoms with E-state index >= 15 is 0 Å². The van der Waals surface area contributed by atoms with Gasteiger partial charge in [-0.3, -0.25) is 0 Å². The van der Waals surface area contributed by atoms with Gasteiger partial charge in [0.15, 0.2) is 0 Å². The van der Waals surface area contributed by atoms with Crippen molar-refractivity contribution in [2.45, 2.75) is 24.8 Å². The van der Waals surface area contributed by atoms with Crippen molar-refractivity contribution in [2.24, 2.45) is 11.5 Å². The normalized spacial score (nSPS) is 10.9. The third kappa shape index (κ3) is 7.76. The minimum atomic E-state index is -0.472. The molecule has 4 N–H and O–H groups in total. The summed E-state index contributed by atoms with van der Waals surface area (Å²) in [5.74, 6) is 0. The van der Waals surface area contributed by atoms with Crippen molar-refractivity contribution < 1.29 is 16.5 Å². The molecule has 0 unspecified atom stereocenters. The van der Waals surface area contributed by atoms with Crippen molar-refractivity contribution in [1.29, 1.82) is 0 Å². The quantitative estimate of drug-likeness (QED) is 0.608. The fourth-order valence-electron chi connectivity index (χ4n) is 2.53. The molecule has 0 aromatic heterocycles. The van der Waals surface area contributed by atoms with Gasteiger partial charge in [-0.05, 0) is 36.9 Å². The van der Waals surface area contributed by atoms with Crippen molar-refractivity contribution in [3.05, 3.63) is 71.8 Å². The van der Waals surface area contributed by atoms with Crippen LogP contribution < -0.4 is 11.5 Å². The maximum atomic E-state index is 6.59. The Morgan fingerprint density at radius 2 is 1.18 bits per heavy atom. The van der Waals surface area contributed by atoms with E-state index in [0.29, 0.717) is 6.54 Å². The second kappa shape index (κ2) is 11.2. The van der Waals surface area contributed by atoms with Gasteiger partial charge in [0, 0.05) is 5.54 Å². The van der Waals surface area contributed by atoms with Gasteiger partial charge < -0.3 is 11.5 Å². The van der Waals surface area contributed by atoms with Crippen LogP contribution in [0.4, 0.5) is 0 Å². The zero-order valence-electron chi connectivity index (χ0n) is 12.3. The van der Waals surface area contributed by atoms with Gasteiger partial charge in [0.25, 0.3) is 0 Å². The molecular weight excluding hydrogens is 498 g/mol. The molecule has 5 heteroatoms. The summed E-state index contributed by atoms with van der Waals surface area (Å²) >= 11 is -0.472. The van der Waals surface area contributed by atoms with E-state index in [0.717, 1.165) is 19.3 Å². The van der Waals surface area contributed by atoms with Crippen LogP contribution in [0.3, 0.4) is 0 Å². The Balaban J connectivity index is 0.000000745. The number of rotatable bonds is 6. The van der Waals surface area contributed by atoms with E-state index < -0.39 is 16.5 Å². The predicted molar refractivity (Wildman–Crippen MR) is 92.6 cm³/mol. The van der Waals surface area contributed by atoms with Gasteiger partial charge in [-0.25, -0.2) is 0 Å². The van der Waals surface area contributed by atoms with Gasteiger partial charge in [0.2, 0.25) is 0 Å². The first-order valence-electron chi connectivity index (χ1n) is 7.03.